The highest BCUT2D eigenvalue weighted by Crippen LogP contribution is 2.31. The molecule has 0 radical (unpaired) electrons. The fourth-order valence-electron chi connectivity index (χ4n) is 4.98. The Kier molecular flexibility index (Phi) is 12.9. The maximum atomic E-state index is 13.5. The molecule has 0 atom stereocenters. The number of ether oxygens (including phenoxy) is 3. The van der Waals surface area contributed by atoms with Crippen molar-refractivity contribution in [3.05, 3.63) is 92.0 Å². The van der Waals surface area contributed by atoms with E-state index >= 15 is 0 Å². The lowest BCUT2D eigenvalue weighted by atomic mass is 10.1. The van der Waals surface area contributed by atoms with E-state index in [1.54, 1.807) is 73.2 Å². The van der Waals surface area contributed by atoms with Crippen molar-refractivity contribution in [1.82, 2.24) is 9.47 Å². The number of nitrogens with two attached hydrogens (primary N) is 1. The molecule has 0 aliphatic carbocycles. The monoisotopic (exact) mass is 719 g/mol. The number of carbonyl (C=O) groups excluding carboxylic acids is 3. The zero-order valence-electron chi connectivity index (χ0n) is 25.5. The third-order valence-electron chi connectivity index (χ3n) is 7.48. The maximum Gasteiger partial charge on any atom is 0.338 e. The van der Waals surface area contributed by atoms with Crippen molar-refractivity contribution < 1.29 is 28.6 Å². The van der Waals surface area contributed by atoms with Gasteiger partial charge < -0.3 is 19.9 Å². The quantitative estimate of drug-likeness (QED) is 0.0961. The molecule has 45 heavy (non-hydrogen) atoms. The summed E-state index contributed by atoms with van der Waals surface area (Å²) in [5.41, 5.74) is 10.3. The Bertz CT molecular complexity index is 1690. The Labute approximate surface area is 282 Å². The normalized spacial score (nSPS) is 10.9. The van der Waals surface area contributed by atoms with Crippen LogP contribution in [0.2, 0.25) is 5.02 Å². The van der Waals surface area contributed by atoms with E-state index in [1.807, 2.05) is 0 Å². The van der Waals surface area contributed by atoms with Gasteiger partial charge in [0.1, 0.15) is 19.0 Å². The summed E-state index contributed by atoms with van der Waals surface area (Å²) in [6, 6.07) is 15.3. The van der Waals surface area contributed by atoms with Crippen molar-refractivity contribution in [2.75, 3.05) is 39.1 Å². The number of nitrogens with zero attached hydrogens (tertiary/aromatic N) is 2. The van der Waals surface area contributed by atoms with Gasteiger partial charge in [0, 0.05) is 32.7 Å². The highest BCUT2D eigenvalue weighted by Gasteiger charge is 2.23. The van der Waals surface area contributed by atoms with Gasteiger partial charge in [0.05, 0.1) is 30.3 Å². The number of anilines is 1. The van der Waals surface area contributed by atoms with Crippen LogP contribution in [0.15, 0.2) is 59.1 Å². The van der Waals surface area contributed by atoms with Crippen LogP contribution in [0.1, 0.15) is 51.4 Å². The van der Waals surface area contributed by atoms with E-state index in [0.717, 1.165) is 18.7 Å². The predicted octanol–water partition coefficient (Wildman–Crippen LogP) is 6.85. The van der Waals surface area contributed by atoms with Crippen LogP contribution in [-0.2, 0) is 27.2 Å². The molecule has 0 saturated heterocycles. The molecule has 1 aromatic heterocycles. The molecule has 3 aromatic carbocycles. The molecule has 0 bridgehead atoms. The van der Waals surface area contributed by atoms with Crippen molar-refractivity contribution in [3.8, 4) is 5.75 Å². The number of methoxy groups -OCH3 is 1. The molecule has 4 aromatic rings. The minimum Gasteiger partial charge on any atom is -0.497 e. The second-order valence-corrected chi connectivity index (χ2v) is 11.4. The molecule has 0 unspecified atom stereocenters. The Morgan fingerprint density at radius 3 is 2.27 bits per heavy atom. The average molecular weight is 721 g/mol. The highest BCUT2D eigenvalue weighted by atomic mass is 79.9. The third-order valence-corrected chi connectivity index (χ3v) is 8.38. The van der Waals surface area contributed by atoms with Gasteiger partial charge in [-0.05, 0) is 102 Å². The van der Waals surface area contributed by atoms with Crippen molar-refractivity contribution >= 4 is 74.4 Å². The molecule has 1 heterocycles. The Morgan fingerprint density at radius 2 is 1.62 bits per heavy atom. The molecule has 0 fully saturated rings. The van der Waals surface area contributed by atoms with Crippen molar-refractivity contribution in [1.29, 1.82) is 0 Å². The molecule has 0 saturated carbocycles. The lowest BCUT2D eigenvalue weighted by Gasteiger charge is -2.20. The van der Waals surface area contributed by atoms with Crippen LogP contribution in [0, 0.1) is 6.92 Å². The number of hydrogen-bond acceptors (Lipinski definition) is 8. The summed E-state index contributed by atoms with van der Waals surface area (Å²) in [5, 5.41) is 1.22. The summed E-state index contributed by atoms with van der Waals surface area (Å²) in [6.45, 7) is 7.95. The van der Waals surface area contributed by atoms with Gasteiger partial charge in [-0.1, -0.05) is 25.4 Å². The van der Waals surface area contributed by atoms with Crippen LogP contribution in [0.5, 0.6) is 5.75 Å². The molecule has 2 N–H and O–H groups in total. The van der Waals surface area contributed by atoms with Gasteiger partial charge in [0.15, 0.2) is 0 Å². The zero-order valence-corrected chi connectivity index (χ0v) is 28.7. The first-order valence-electron chi connectivity index (χ1n) is 14.2. The van der Waals surface area contributed by atoms with E-state index in [9.17, 15) is 14.4 Å². The third kappa shape index (κ3) is 8.38. The van der Waals surface area contributed by atoms with Gasteiger partial charge in [-0.3, -0.25) is 19.1 Å². The van der Waals surface area contributed by atoms with E-state index in [-0.39, 0.29) is 37.9 Å². The van der Waals surface area contributed by atoms with Gasteiger partial charge in [0.2, 0.25) is 0 Å². The van der Waals surface area contributed by atoms with Gasteiger partial charge >= 0.3 is 11.9 Å². The number of benzene rings is 3. The SMILES string of the molecule is CCN(CC)Cc1cc(C(=O)OCCOC(=O)Cc2c(C)n(C(=O)c3ccc(Cl)cc3)c3ccc(OC)cc23)cc(Br)c1N.Cl. The molecular weight excluding hydrogens is 685 g/mol. The molecular formula is C33H36BrCl2N3O6. The summed E-state index contributed by atoms with van der Waals surface area (Å²) in [7, 11) is 1.55. The van der Waals surface area contributed by atoms with Gasteiger partial charge in [-0.25, -0.2) is 4.79 Å². The molecule has 240 valence electrons. The second kappa shape index (κ2) is 16.1. The molecule has 0 aliphatic heterocycles. The molecule has 4 rings (SSSR count). The summed E-state index contributed by atoms with van der Waals surface area (Å²) in [6.07, 6.45) is -0.0933. The molecule has 0 aliphatic rings. The lowest BCUT2D eigenvalue weighted by molar-refractivity contribution is -0.143. The fourth-order valence-corrected chi connectivity index (χ4v) is 5.60. The average Bonchev–Trinajstić information content (AvgIpc) is 3.29. The van der Waals surface area contributed by atoms with Crippen LogP contribution in [0.4, 0.5) is 5.69 Å². The topological polar surface area (TPSA) is 113 Å². The first kappa shape index (κ1) is 35.9. The number of fused-ring (bicyclic) bond motifs is 1. The van der Waals surface area contributed by atoms with E-state index < -0.39 is 11.9 Å². The standard InChI is InChI=1S/C33H35BrClN3O6.ClH/c1-5-37(6-2)19-23-15-22(16-28(34)31(23)36)33(41)44-14-13-43-30(39)18-26-20(3)38(29-12-11-25(42-4)17-27(26)29)32(40)21-7-9-24(35)10-8-21;/h7-12,15-17H,5-6,13-14,18-19,36H2,1-4H3;1H. The van der Waals surface area contributed by atoms with Crippen LogP contribution in [0.25, 0.3) is 10.9 Å². The minimum absolute atomic E-state index is 0. The summed E-state index contributed by atoms with van der Waals surface area (Å²) < 4.78 is 18.4. The lowest BCUT2D eigenvalue weighted by Crippen LogP contribution is -2.23. The Hall–Kier alpha value is -3.57. The highest BCUT2D eigenvalue weighted by molar-refractivity contribution is 9.10. The predicted molar refractivity (Wildman–Crippen MR) is 182 cm³/mol. The smallest absolute Gasteiger partial charge is 0.338 e. The van der Waals surface area contributed by atoms with E-state index in [1.165, 1.54) is 0 Å². The number of hydrogen-bond donors (Lipinski definition) is 1. The first-order valence-corrected chi connectivity index (χ1v) is 15.4. The maximum absolute atomic E-state index is 13.5. The van der Waals surface area contributed by atoms with Crippen molar-refractivity contribution in [2.24, 2.45) is 0 Å². The minimum atomic E-state index is -0.547. The number of carbonyl (C=O) groups is 3. The summed E-state index contributed by atoms with van der Waals surface area (Å²) in [5.74, 6) is -0.740. The molecule has 12 heteroatoms. The van der Waals surface area contributed by atoms with Crippen LogP contribution in [0.3, 0.4) is 0 Å². The van der Waals surface area contributed by atoms with Crippen LogP contribution >= 0.6 is 39.9 Å². The number of aromatic nitrogens is 1. The van der Waals surface area contributed by atoms with Crippen LogP contribution < -0.4 is 10.5 Å². The molecule has 0 amide bonds. The van der Waals surface area contributed by atoms with Gasteiger partial charge in [0.25, 0.3) is 5.91 Å². The summed E-state index contributed by atoms with van der Waals surface area (Å²) >= 11 is 9.44. The molecule has 9 nitrogen and oxygen atoms in total. The van der Waals surface area contributed by atoms with Crippen molar-refractivity contribution in [2.45, 2.75) is 33.7 Å². The zero-order chi connectivity index (χ0) is 32.0. The molecule has 0 spiro atoms. The number of halogens is 3. The summed E-state index contributed by atoms with van der Waals surface area (Å²) in [4.78, 5) is 41.4. The number of rotatable bonds is 12. The Balaban J connectivity index is 0.00000552. The second-order valence-electron chi connectivity index (χ2n) is 10.1. The van der Waals surface area contributed by atoms with E-state index in [2.05, 4.69) is 34.7 Å². The largest absolute Gasteiger partial charge is 0.497 e. The van der Waals surface area contributed by atoms with Gasteiger partial charge in [-0.15, -0.1) is 12.4 Å². The van der Waals surface area contributed by atoms with E-state index in [0.29, 0.717) is 60.8 Å². The number of esters is 2. The van der Waals surface area contributed by atoms with Crippen molar-refractivity contribution in [3.63, 3.8) is 0 Å². The Morgan fingerprint density at radius 1 is 0.956 bits per heavy atom. The van der Waals surface area contributed by atoms with Crippen LogP contribution in [-0.4, -0.2) is 60.7 Å². The van der Waals surface area contributed by atoms with Gasteiger partial charge in [-0.2, -0.15) is 0 Å². The fraction of sp³-hybridized carbons (Fsp3) is 0.303. The first-order chi connectivity index (χ1) is 21.1. The number of nitrogen functional groups attached to an aromatic ring is 1. The van der Waals surface area contributed by atoms with E-state index in [4.69, 9.17) is 31.5 Å².